The molecule has 1 N–H and O–H groups in total. The maximum Gasteiger partial charge on any atom is 0.154 e. The van der Waals surface area contributed by atoms with E-state index in [1.807, 2.05) is 0 Å². The van der Waals surface area contributed by atoms with Crippen molar-refractivity contribution < 1.29 is 13.2 Å². The molecule has 20 heavy (non-hydrogen) atoms. The maximum atomic E-state index is 12.4. The number of hydrogen-bond acceptors (Lipinski definition) is 4. The highest BCUT2D eigenvalue weighted by Gasteiger charge is 2.36. The van der Waals surface area contributed by atoms with Gasteiger partial charge in [-0.1, -0.05) is 13.3 Å². The zero-order valence-corrected chi connectivity index (χ0v) is 13.5. The van der Waals surface area contributed by atoms with Crippen LogP contribution in [-0.4, -0.2) is 45.2 Å². The highest BCUT2D eigenvalue weighted by molar-refractivity contribution is 7.92. The van der Waals surface area contributed by atoms with Crippen molar-refractivity contribution in [1.29, 1.82) is 0 Å². The first-order valence-electron chi connectivity index (χ1n) is 8.16. The summed E-state index contributed by atoms with van der Waals surface area (Å²) in [5.74, 6) is 1.01. The van der Waals surface area contributed by atoms with E-state index < -0.39 is 9.84 Å². The molecule has 0 saturated carbocycles. The summed E-state index contributed by atoms with van der Waals surface area (Å²) in [4.78, 5) is 0. The van der Waals surface area contributed by atoms with Gasteiger partial charge in [0.25, 0.3) is 0 Å². The summed E-state index contributed by atoms with van der Waals surface area (Å²) >= 11 is 0. The Morgan fingerprint density at radius 3 is 2.60 bits per heavy atom. The standard InChI is InChI=1S/C15H29NO3S/c1-2-8-16-14(12-13-6-9-19-10-7-13)15-5-3-4-11-20(15,17)18/h13-16H,2-12H2,1H3. The predicted octanol–water partition coefficient (Wildman–Crippen LogP) is 2.14. The lowest BCUT2D eigenvalue weighted by molar-refractivity contribution is 0.0602. The van der Waals surface area contributed by atoms with Gasteiger partial charge in [0.05, 0.1) is 11.0 Å². The van der Waals surface area contributed by atoms with Gasteiger partial charge < -0.3 is 10.1 Å². The Kier molecular flexibility index (Phi) is 6.30. The van der Waals surface area contributed by atoms with Crippen LogP contribution in [0.3, 0.4) is 0 Å². The quantitative estimate of drug-likeness (QED) is 0.817. The molecule has 2 rings (SSSR count). The largest absolute Gasteiger partial charge is 0.381 e. The van der Waals surface area contributed by atoms with Crippen molar-refractivity contribution in [2.75, 3.05) is 25.5 Å². The molecule has 0 aromatic rings. The van der Waals surface area contributed by atoms with Gasteiger partial charge in [-0.25, -0.2) is 8.42 Å². The number of hydrogen-bond donors (Lipinski definition) is 1. The summed E-state index contributed by atoms with van der Waals surface area (Å²) < 4.78 is 30.1. The molecular formula is C15H29NO3S. The minimum absolute atomic E-state index is 0.142. The fraction of sp³-hybridized carbons (Fsp3) is 1.00. The molecule has 2 saturated heterocycles. The molecule has 2 heterocycles. The topological polar surface area (TPSA) is 55.4 Å². The van der Waals surface area contributed by atoms with Crippen molar-refractivity contribution in [1.82, 2.24) is 5.32 Å². The van der Waals surface area contributed by atoms with Gasteiger partial charge in [-0.05, 0) is 51.0 Å². The maximum absolute atomic E-state index is 12.4. The van der Waals surface area contributed by atoms with Crippen LogP contribution in [0.25, 0.3) is 0 Å². The molecule has 118 valence electrons. The number of rotatable bonds is 6. The Balaban J connectivity index is 2.01. The minimum Gasteiger partial charge on any atom is -0.381 e. The SMILES string of the molecule is CCCNC(CC1CCOCC1)C1CCCCS1(=O)=O. The molecule has 0 radical (unpaired) electrons. The average molecular weight is 303 g/mol. The van der Waals surface area contributed by atoms with Crippen molar-refractivity contribution >= 4 is 9.84 Å². The van der Waals surface area contributed by atoms with Crippen LogP contribution in [0.4, 0.5) is 0 Å². The van der Waals surface area contributed by atoms with Crippen molar-refractivity contribution in [3.8, 4) is 0 Å². The van der Waals surface area contributed by atoms with Crippen LogP contribution < -0.4 is 5.32 Å². The molecule has 0 spiro atoms. The third kappa shape index (κ3) is 4.43. The summed E-state index contributed by atoms with van der Waals surface area (Å²) in [6.45, 7) is 4.72. The lowest BCUT2D eigenvalue weighted by atomic mass is 9.90. The van der Waals surface area contributed by atoms with Crippen LogP contribution in [0, 0.1) is 5.92 Å². The third-order valence-electron chi connectivity index (χ3n) is 4.66. The van der Waals surface area contributed by atoms with Gasteiger partial charge in [0.15, 0.2) is 9.84 Å². The number of ether oxygens (including phenoxy) is 1. The highest BCUT2D eigenvalue weighted by atomic mass is 32.2. The molecule has 2 aliphatic rings. The first-order valence-corrected chi connectivity index (χ1v) is 9.87. The first kappa shape index (κ1) is 16.2. The summed E-state index contributed by atoms with van der Waals surface area (Å²) in [5, 5.41) is 3.36. The van der Waals surface area contributed by atoms with E-state index in [4.69, 9.17) is 4.74 Å². The van der Waals surface area contributed by atoms with Gasteiger partial charge >= 0.3 is 0 Å². The lowest BCUT2D eigenvalue weighted by Crippen LogP contribution is -2.48. The van der Waals surface area contributed by atoms with Crippen LogP contribution in [0.1, 0.15) is 51.9 Å². The van der Waals surface area contributed by atoms with Crippen LogP contribution >= 0.6 is 0 Å². The van der Waals surface area contributed by atoms with Gasteiger partial charge in [-0.2, -0.15) is 0 Å². The zero-order valence-electron chi connectivity index (χ0n) is 12.6. The average Bonchev–Trinajstić information content (AvgIpc) is 2.44. The molecule has 2 fully saturated rings. The van der Waals surface area contributed by atoms with E-state index >= 15 is 0 Å². The monoisotopic (exact) mass is 303 g/mol. The Morgan fingerprint density at radius 1 is 1.20 bits per heavy atom. The van der Waals surface area contributed by atoms with Crippen LogP contribution in [0.5, 0.6) is 0 Å². The molecule has 2 aliphatic heterocycles. The summed E-state index contributed by atoms with van der Waals surface area (Å²) in [7, 11) is -2.90. The van der Waals surface area contributed by atoms with Crippen molar-refractivity contribution in [3.63, 3.8) is 0 Å². The molecule has 2 atom stereocenters. The van der Waals surface area contributed by atoms with Gasteiger partial charge in [-0.15, -0.1) is 0 Å². The summed E-state index contributed by atoms with van der Waals surface area (Å²) in [5.41, 5.74) is 0. The summed E-state index contributed by atoms with van der Waals surface area (Å²) in [6, 6.07) is 0.142. The zero-order chi connectivity index (χ0) is 14.4. The van der Waals surface area contributed by atoms with Gasteiger partial charge in [0, 0.05) is 19.3 Å². The second-order valence-corrected chi connectivity index (χ2v) is 8.59. The van der Waals surface area contributed by atoms with Crippen molar-refractivity contribution in [3.05, 3.63) is 0 Å². The highest BCUT2D eigenvalue weighted by Crippen LogP contribution is 2.28. The van der Waals surface area contributed by atoms with E-state index in [2.05, 4.69) is 12.2 Å². The Morgan fingerprint density at radius 2 is 1.95 bits per heavy atom. The molecule has 0 aromatic carbocycles. The molecule has 0 aromatic heterocycles. The Hall–Kier alpha value is -0.130. The van der Waals surface area contributed by atoms with E-state index in [-0.39, 0.29) is 11.3 Å². The molecule has 5 heteroatoms. The Bertz CT molecular complexity index is 377. The van der Waals surface area contributed by atoms with E-state index in [0.29, 0.717) is 11.7 Å². The molecular weight excluding hydrogens is 274 g/mol. The van der Waals surface area contributed by atoms with Crippen LogP contribution in [-0.2, 0) is 14.6 Å². The van der Waals surface area contributed by atoms with E-state index in [0.717, 1.165) is 64.7 Å². The van der Waals surface area contributed by atoms with E-state index in [9.17, 15) is 8.42 Å². The second-order valence-electron chi connectivity index (χ2n) is 6.25. The smallest absolute Gasteiger partial charge is 0.154 e. The Labute approximate surface area is 123 Å². The second kappa shape index (κ2) is 7.76. The van der Waals surface area contributed by atoms with E-state index in [1.165, 1.54) is 0 Å². The van der Waals surface area contributed by atoms with Crippen molar-refractivity contribution in [2.24, 2.45) is 5.92 Å². The molecule has 0 aliphatic carbocycles. The predicted molar refractivity (Wildman–Crippen MR) is 81.7 cm³/mol. The molecule has 4 nitrogen and oxygen atoms in total. The molecule has 0 amide bonds. The van der Waals surface area contributed by atoms with Crippen LogP contribution in [0.2, 0.25) is 0 Å². The molecule has 2 unspecified atom stereocenters. The van der Waals surface area contributed by atoms with Crippen LogP contribution in [0.15, 0.2) is 0 Å². The summed E-state index contributed by atoms with van der Waals surface area (Å²) in [6.07, 6.45) is 6.95. The molecule has 0 bridgehead atoms. The van der Waals surface area contributed by atoms with Gasteiger partial charge in [-0.3, -0.25) is 0 Å². The number of sulfone groups is 1. The number of nitrogens with one attached hydrogen (secondary N) is 1. The first-order chi connectivity index (χ1) is 9.63. The fourth-order valence-electron chi connectivity index (χ4n) is 3.47. The normalized spacial score (nSPS) is 29.1. The van der Waals surface area contributed by atoms with Gasteiger partial charge in [0.1, 0.15) is 0 Å². The van der Waals surface area contributed by atoms with Gasteiger partial charge in [0.2, 0.25) is 0 Å². The lowest BCUT2D eigenvalue weighted by Gasteiger charge is -2.34. The third-order valence-corrected chi connectivity index (χ3v) is 7.01. The van der Waals surface area contributed by atoms with E-state index in [1.54, 1.807) is 0 Å². The fourth-order valence-corrected chi connectivity index (χ4v) is 5.61. The minimum atomic E-state index is -2.90. The van der Waals surface area contributed by atoms with Crippen molar-refractivity contribution in [2.45, 2.75) is 63.2 Å².